The van der Waals surface area contributed by atoms with Gasteiger partial charge in [0.25, 0.3) is 11.6 Å². The van der Waals surface area contributed by atoms with Crippen molar-refractivity contribution in [3.05, 3.63) is 38.9 Å². The minimum atomic E-state index is -0.579. The molecule has 2 rings (SSSR count). The third kappa shape index (κ3) is 3.44. The van der Waals surface area contributed by atoms with Gasteiger partial charge in [0.2, 0.25) is 0 Å². The predicted molar refractivity (Wildman–Crippen MR) is 74.6 cm³/mol. The summed E-state index contributed by atoms with van der Waals surface area (Å²) in [7, 11) is 2.02. The fraction of sp³-hybridized carbons (Fsp3) is 0.417. The number of hydrogen-bond acceptors (Lipinski definition) is 5. The molecule has 1 aromatic rings. The quantitative estimate of drug-likeness (QED) is 0.669. The summed E-state index contributed by atoms with van der Waals surface area (Å²) in [5, 5.41) is 12.4. The third-order valence-corrected chi connectivity index (χ3v) is 3.47. The molecule has 108 valence electrons. The number of carbonyl (C=O) groups is 1. The van der Waals surface area contributed by atoms with Gasteiger partial charge in [-0.1, -0.05) is 11.6 Å². The largest absolute Gasteiger partial charge is 0.304 e. The second kappa shape index (κ2) is 6.17. The highest BCUT2D eigenvalue weighted by molar-refractivity contribution is 6.33. The van der Waals surface area contributed by atoms with E-state index in [1.165, 1.54) is 18.2 Å². The van der Waals surface area contributed by atoms with E-state index in [0.29, 0.717) is 5.56 Å². The zero-order chi connectivity index (χ0) is 14.7. The van der Waals surface area contributed by atoms with Gasteiger partial charge in [0.15, 0.2) is 0 Å². The first-order valence-electron chi connectivity index (χ1n) is 6.16. The molecule has 1 heterocycles. The summed E-state index contributed by atoms with van der Waals surface area (Å²) in [6, 6.07) is 3.95. The Morgan fingerprint density at radius 1 is 1.35 bits per heavy atom. The van der Waals surface area contributed by atoms with E-state index in [1.807, 2.05) is 12.1 Å². The van der Waals surface area contributed by atoms with Crippen molar-refractivity contribution in [1.29, 1.82) is 0 Å². The van der Waals surface area contributed by atoms with Crippen LogP contribution in [-0.2, 0) is 0 Å². The van der Waals surface area contributed by atoms with Gasteiger partial charge in [-0.3, -0.25) is 20.3 Å². The minimum absolute atomic E-state index is 0.0407. The molecule has 7 nitrogen and oxygen atoms in total. The number of benzene rings is 1. The van der Waals surface area contributed by atoms with Gasteiger partial charge in [-0.05, 0) is 19.2 Å². The molecule has 0 aliphatic carbocycles. The van der Waals surface area contributed by atoms with Crippen LogP contribution in [0.4, 0.5) is 5.69 Å². The van der Waals surface area contributed by atoms with E-state index in [0.717, 1.165) is 26.2 Å². The van der Waals surface area contributed by atoms with Gasteiger partial charge in [0, 0.05) is 37.8 Å². The van der Waals surface area contributed by atoms with E-state index in [1.54, 1.807) is 0 Å². The van der Waals surface area contributed by atoms with Gasteiger partial charge in [-0.15, -0.1) is 0 Å². The van der Waals surface area contributed by atoms with Crippen LogP contribution in [0.25, 0.3) is 0 Å². The number of nitro benzene ring substituents is 1. The normalized spacial score (nSPS) is 16.9. The van der Waals surface area contributed by atoms with Gasteiger partial charge < -0.3 is 4.90 Å². The van der Waals surface area contributed by atoms with Crippen molar-refractivity contribution >= 4 is 23.2 Å². The van der Waals surface area contributed by atoms with Crippen molar-refractivity contribution in [2.45, 2.75) is 0 Å². The van der Waals surface area contributed by atoms with Crippen molar-refractivity contribution in [3.63, 3.8) is 0 Å². The highest BCUT2D eigenvalue weighted by Crippen LogP contribution is 2.24. The highest BCUT2D eigenvalue weighted by atomic mass is 35.5. The summed E-state index contributed by atoms with van der Waals surface area (Å²) in [5.41, 5.74) is 2.87. The number of amides is 1. The van der Waals surface area contributed by atoms with Crippen LogP contribution >= 0.6 is 11.6 Å². The van der Waals surface area contributed by atoms with Crippen LogP contribution in [0.15, 0.2) is 18.2 Å². The van der Waals surface area contributed by atoms with Gasteiger partial charge in [-0.2, -0.15) is 0 Å². The van der Waals surface area contributed by atoms with Crippen molar-refractivity contribution in [2.75, 3.05) is 33.2 Å². The molecule has 0 bridgehead atoms. The van der Waals surface area contributed by atoms with Crippen LogP contribution in [0.3, 0.4) is 0 Å². The molecule has 1 amide bonds. The molecule has 1 N–H and O–H groups in total. The number of rotatable bonds is 3. The molecule has 8 heteroatoms. The topological polar surface area (TPSA) is 78.7 Å². The molecule has 0 spiro atoms. The smallest absolute Gasteiger partial charge is 0.287 e. The Labute approximate surface area is 121 Å². The Hall–Kier alpha value is -1.70. The van der Waals surface area contributed by atoms with Gasteiger partial charge in [-0.25, -0.2) is 5.01 Å². The lowest BCUT2D eigenvalue weighted by atomic mass is 10.2. The lowest BCUT2D eigenvalue weighted by molar-refractivity contribution is -0.384. The summed E-state index contributed by atoms with van der Waals surface area (Å²) < 4.78 is 0. The van der Waals surface area contributed by atoms with E-state index >= 15 is 0 Å². The fourth-order valence-electron chi connectivity index (χ4n) is 1.92. The SMILES string of the molecule is CN1CCN(NC(=O)c2ccc([N+](=O)[O-])c(Cl)c2)CC1. The number of hydrogen-bond donors (Lipinski definition) is 1. The van der Waals surface area contributed by atoms with Gasteiger partial charge >= 0.3 is 0 Å². The molecule has 1 fully saturated rings. The van der Waals surface area contributed by atoms with Crippen LogP contribution in [0.2, 0.25) is 5.02 Å². The molecule has 1 aliphatic heterocycles. The van der Waals surface area contributed by atoms with Crippen molar-refractivity contribution in [1.82, 2.24) is 15.3 Å². The molecule has 1 aromatic carbocycles. The maximum absolute atomic E-state index is 12.0. The Kier molecular flexibility index (Phi) is 4.53. The number of halogens is 1. The maximum atomic E-state index is 12.0. The van der Waals surface area contributed by atoms with Crippen molar-refractivity contribution < 1.29 is 9.72 Å². The molecule has 1 aliphatic rings. The number of piperazine rings is 1. The monoisotopic (exact) mass is 298 g/mol. The average molecular weight is 299 g/mol. The highest BCUT2D eigenvalue weighted by Gasteiger charge is 2.19. The molecular formula is C12H15ClN4O3. The van der Waals surface area contributed by atoms with Crippen LogP contribution in [0.1, 0.15) is 10.4 Å². The minimum Gasteiger partial charge on any atom is -0.304 e. The second-order valence-corrected chi connectivity index (χ2v) is 5.06. The Morgan fingerprint density at radius 3 is 2.55 bits per heavy atom. The molecule has 0 aromatic heterocycles. The van der Waals surface area contributed by atoms with E-state index < -0.39 is 4.92 Å². The molecule has 0 unspecified atom stereocenters. The van der Waals surface area contributed by atoms with E-state index in [-0.39, 0.29) is 16.6 Å². The van der Waals surface area contributed by atoms with E-state index in [2.05, 4.69) is 10.3 Å². The standard InChI is InChI=1S/C12H15ClN4O3/c1-15-4-6-16(7-5-15)14-12(18)9-2-3-11(17(19)20)10(13)8-9/h2-3,8H,4-7H2,1H3,(H,14,18). The number of carbonyl (C=O) groups excluding carboxylic acids is 1. The van der Waals surface area contributed by atoms with Gasteiger partial charge in [0.1, 0.15) is 5.02 Å². The van der Waals surface area contributed by atoms with E-state index in [4.69, 9.17) is 11.6 Å². The number of nitrogens with zero attached hydrogens (tertiary/aromatic N) is 3. The lowest BCUT2D eigenvalue weighted by Crippen LogP contribution is -2.52. The van der Waals surface area contributed by atoms with Crippen LogP contribution in [0.5, 0.6) is 0 Å². The fourth-order valence-corrected chi connectivity index (χ4v) is 2.17. The lowest BCUT2D eigenvalue weighted by Gasteiger charge is -2.32. The molecule has 0 atom stereocenters. The van der Waals surface area contributed by atoms with Gasteiger partial charge in [0.05, 0.1) is 4.92 Å². The molecule has 1 saturated heterocycles. The first-order valence-corrected chi connectivity index (χ1v) is 6.53. The molecule has 0 saturated carbocycles. The summed E-state index contributed by atoms with van der Waals surface area (Å²) in [5.74, 6) is -0.314. The summed E-state index contributed by atoms with van der Waals surface area (Å²) in [6.07, 6.45) is 0. The number of hydrazine groups is 1. The molecular weight excluding hydrogens is 284 g/mol. The summed E-state index contributed by atoms with van der Waals surface area (Å²) >= 11 is 5.79. The van der Waals surface area contributed by atoms with Crippen LogP contribution in [0, 0.1) is 10.1 Å². The Morgan fingerprint density at radius 2 is 2.00 bits per heavy atom. The molecule has 20 heavy (non-hydrogen) atoms. The molecule has 0 radical (unpaired) electrons. The van der Waals surface area contributed by atoms with Crippen molar-refractivity contribution in [2.24, 2.45) is 0 Å². The van der Waals surface area contributed by atoms with Crippen molar-refractivity contribution in [3.8, 4) is 0 Å². The Bertz CT molecular complexity index is 529. The first kappa shape index (κ1) is 14.7. The summed E-state index contributed by atoms with van der Waals surface area (Å²) in [6.45, 7) is 3.23. The number of nitro groups is 1. The summed E-state index contributed by atoms with van der Waals surface area (Å²) in [4.78, 5) is 24.3. The zero-order valence-corrected chi connectivity index (χ0v) is 11.8. The zero-order valence-electron chi connectivity index (χ0n) is 11.0. The Balaban J connectivity index is 2.02. The van der Waals surface area contributed by atoms with Crippen LogP contribution in [-0.4, -0.2) is 54.0 Å². The number of nitrogens with one attached hydrogen (secondary N) is 1. The first-order chi connectivity index (χ1) is 9.47. The predicted octanol–water partition coefficient (Wildman–Crippen LogP) is 1.14. The maximum Gasteiger partial charge on any atom is 0.287 e. The van der Waals surface area contributed by atoms with E-state index in [9.17, 15) is 14.9 Å². The second-order valence-electron chi connectivity index (χ2n) is 4.65. The number of likely N-dealkylation sites (N-methyl/N-ethyl adjacent to an activating group) is 1. The third-order valence-electron chi connectivity index (χ3n) is 3.17. The average Bonchev–Trinajstić information content (AvgIpc) is 2.40. The van der Waals surface area contributed by atoms with Crippen LogP contribution < -0.4 is 5.43 Å².